The Morgan fingerprint density at radius 1 is 1.36 bits per heavy atom. The van der Waals surface area contributed by atoms with Crippen molar-refractivity contribution in [2.45, 2.75) is 53.0 Å². The molecule has 0 radical (unpaired) electrons. The lowest BCUT2D eigenvalue weighted by Crippen LogP contribution is -2.43. The van der Waals surface area contributed by atoms with Crippen LogP contribution >= 0.6 is 35.3 Å². The van der Waals surface area contributed by atoms with E-state index >= 15 is 0 Å². The zero-order valence-corrected chi connectivity index (χ0v) is 18.5. The van der Waals surface area contributed by atoms with Gasteiger partial charge in [-0.25, -0.2) is 0 Å². The van der Waals surface area contributed by atoms with Gasteiger partial charge in [0.15, 0.2) is 11.8 Å². The van der Waals surface area contributed by atoms with Crippen LogP contribution in [0.15, 0.2) is 21.6 Å². The lowest BCUT2D eigenvalue weighted by molar-refractivity contribution is 0.372. The second-order valence-corrected chi connectivity index (χ2v) is 7.23. The van der Waals surface area contributed by atoms with Crippen molar-refractivity contribution in [1.29, 1.82) is 0 Å². The van der Waals surface area contributed by atoms with Crippen LogP contribution in [-0.4, -0.2) is 35.2 Å². The van der Waals surface area contributed by atoms with Crippen LogP contribution in [0.1, 0.15) is 41.7 Å². The van der Waals surface area contributed by atoms with Crippen LogP contribution in [-0.2, 0) is 12.8 Å². The van der Waals surface area contributed by atoms with E-state index in [-0.39, 0.29) is 24.0 Å². The second kappa shape index (κ2) is 11.5. The molecular weight excluding hydrogens is 449 g/mol. The van der Waals surface area contributed by atoms with Crippen molar-refractivity contribution in [3.63, 3.8) is 0 Å². The molecule has 2 rings (SSSR count). The number of aromatic nitrogens is 2. The van der Waals surface area contributed by atoms with E-state index in [0.717, 1.165) is 38.3 Å². The lowest BCUT2D eigenvalue weighted by atomic mass is 10.2. The number of thiophene rings is 1. The number of guanidine groups is 1. The predicted octanol–water partition coefficient (Wildman–Crippen LogP) is 3.48. The molecule has 0 aliphatic rings. The van der Waals surface area contributed by atoms with Crippen LogP contribution < -0.4 is 10.6 Å². The van der Waals surface area contributed by atoms with Gasteiger partial charge < -0.3 is 15.2 Å². The van der Waals surface area contributed by atoms with Gasteiger partial charge in [-0.2, -0.15) is 4.98 Å². The number of nitrogens with one attached hydrogen (secondary N) is 2. The Bertz CT molecular complexity index is 655. The van der Waals surface area contributed by atoms with E-state index in [1.807, 2.05) is 18.3 Å². The Balaban J connectivity index is 0.00000312. The van der Waals surface area contributed by atoms with Crippen molar-refractivity contribution < 1.29 is 4.52 Å². The highest BCUT2D eigenvalue weighted by molar-refractivity contribution is 14.0. The molecule has 0 aromatic carbocycles. The first-order valence-electron chi connectivity index (χ1n) is 8.46. The molecule has 1 unspecified atom stereocenters. The van der Waals surface area contributed by atoms with Crippen molar-refractivity contribution in [2.24, 2.45) is 4.99 Å². The molecule has 0 amide bonds. The molecule has 0 bridgehead atoms. The fourth-order valence-corrected chi connectivity index (χ4v) is 3.38. The van der Waals surface area contributed by atoms with Gasteiger partial charge in [0.05, 0.1) is 0 Å². The molecule has 0 saturated carbocycles. The van der Waals surface area contributed by atoms with Gasteiger partial charge in [-0.15, -0.1) is 35.3 Å². The van der Waals surface area contributed by atoms with Crippen molar-refractivity contribution in [2.75, 3.05) is 13.1 Å². The lowest BCUT2D eigenvalue weighted by Gasteiger charge is -2.17. The molecule has 140 valence electrons. The Labute approximate surface area is 170 Å². The minimum atomic E-state index is 0. The molecule has 2 aromatic heterocycles. The van der Waals surface area contributed by atoms with Gasteiger partial charge in [0.25, 0.3) is 0 Å². The summed E-state index contributed by atoms with van der Waals surface area (Å²) in [6.07, 6.45) is 2.65. The maximum absolute atomic E-state index is 5.11. The first-order valence-corrected chi connectivity index (χ1v) is 9.27. The van der Waals surface area contributed by atoms with Crippen LogP contribution in [0.2, 0.25) is 0 Å². The molecule has 0 fully saturated rings. The van der Waals surface area contributed by atoms with Gasteiger partial charge in [0.2, 0.25) is 5.89 Å². The normalized spacial score (nSPS) is 12.6. The van der Waals surface area contributed by atoms with Crippen LogP contribution in [0, 0.1) is 13.8 Å². The average Bonchev–Trinajstić information content (AvgIpc) is 3.12. The van der Waals surface area contributed by atoms with E-state index in [1.54, 1.807) is 0 Å². The van der Waals surface area contributed by atoms with Crippen molar-refractivity contribution in [3.05, 3.63) is 33.6 Å². The summed E-state index contributed by atoms with van der Waals surface area (Å²) >= 11 is 1.85. The first-order chi connectivity index (χ1) is 11.6. The third-order valence-electron chi connectivity index (χ3n) is 3.42. The van der Waals surface area contributed by atoms with E-state index in [0.29, 0.717) is 17.8 Å². The van der Waals surface area contributed by atoms with Gasteiger partial charge in [0, 0.05) is 41.7 Å². The van der Waals surface area contributed by atoms with E-state index in [9.17, 15) is 0 Å². The number of aryl methyl sites for hydroxylation is 3. The summed E-state index contributed by atoms with van der Waals surface area (Å²) in [5.74, 6) is 2.23. The third kappa shape index (κ3) is 8.17. The largest absolute Gasteiger partial charge is 0.357 e. The second-order valence-electron chi connectivity index (χ2n) is 5.86. The molecule has 2 N–H and O–H groups in total. The number of nitrogens with zero attached hydrogens (tertiary/aromatic N) is 3. The molecule has 0 aliphatic heterocycles. The quantitative estimate of drug-likeness (QED) is 0.264. The monoisotopic (exact) mass is 477 g/mol. The van der Waals surface area contributed by atoms with E-state index in [2.05, 4.69) is 58.7 Å². The van der Waals surface area contributed by atoms with Gasteiger partial charge in [-0.3, -0.25) is 4.99 Å². The number of hydrogen-bond acceptors (Lipinski definition) is 5. The highest BCUT2D eigenvalue weighted by atomic mass is 127. The molecule has 2 heterocycles. The summed E-state index contributed by atoms with van der Waals surface area (Å²) in [6, 6.07) is 4.71. The van der Waals surface area contributed by atoms with Gasteiger partial charge in [-0.05, 0) is 46.2 Å². The topological polar surface area (TPSA) is 75.3 Å². The fourth-order valence-electron chi connectivity index (χ4n) is 2.36. The number of rotatable bonds is 8. The van der Waals surface area contributed by atoms with Gasteiger partial charge in [-0.1, -0.05) is 5.16 Å². The third-order valence-corrected chi connectivity index (χ3v) is 4.44. The Morgan fingerprint density at radius 2 is 2.16 bits per heavy atom. The zero-order chi connectivity index (χ0) is 17.4. The zero-order valence-electron chi connectivity index (χ0n) is 15.3. The summed E-state index contributed by atoms with van der Waals surface area (Å²) in [6.45, 7) is 9.80. The molecule has 25 heavy (non-hydrogen) atoms. The van der Waals surface area contributed by atoms with E-state index in [1.165, 1.54) is 9.75 Å². The Kier molecular flexibility index (Phi) is 10.0. The highest BCUT2D eigenvalue weighted by Gasteiger charge is 2.08. The Morgan fingerprint density at radius 3 is 2.76 bits per heavy atom. The average molecular weight is 477 g/mol. The molecule has 8 heteroatoms. The molecular formula is C17H28IN5OS. The van der Waals surface area contributed by atoms with Crippen molar-refractivity contribution >= 4 is 41.3 Å². The van der Waals surface area contributed by atoms with E-state index in [4.69, 9.17) is 4.52 Å². The Hall–Kier alpha value is -1.16. The van der Waals surface area contributed by atoms with Gasteiger partial charge >= 0.3 is 0 Å². The molecule has 0 saturated heterocycles. The summed E-state index contributed by atoms with van der Waals surface area (Å²) in [7, 11) is 0. The van der Waals surface area contributed by atoms with Crippen LogP contribution in [0.25, 0.3) is 0 Å². The molecule has 1 atom stereocenters. The van der Waals surface area contributed by atoms with Gasteiger partial charge in [0.1, 0.15) is 0 Å². The summed E-state index contributed by atoms with van der Waals surface area (Å²) in [5, 5.41) is 10.6. The minimum absolute atomic E-state index is 0. The smallest absolute Gasteiger partial charge is 0.226 e. The van der Waals surface area contributed by atoms with Crippen LogP contribution in [0.5, 0.6) is 0 Å². The molecule has 2 aromatic rings. The summed E-state index contributed by atoms with van der Waals surface area (Å²) < 4.78 is 5.11. The van der Waals surface area contributed by atoms with Crippen LogP contribution in [0.3, 0.4) is 0 Å². The number of halogens is 1. The number of aliphatic imine (C=N–C) groups is 1. The maximum atomic E-state index is 5.11. The first kappa shape index (κ1) is 21.9. The predicted molar refractivity (Wildman–Crippen MR) is 114 cm³/mol. The van der Waals surface area contributed by atoms with Crippen LogP contribution in [0.4, 0.5) is 0 Å². The minimum Gasteiger partial charge on any atom is -0.357 e. The van der Waals surface area contributed by atoms with Crippen molar-refractivity contribution in [1.82, 2.24) is 20.8 Å². The van der Waals surface area contributed by atoms with E-state index < -0.39 is 0 Å². The maximum Gasteiger partial charge on any atom is 0.226 e. The molecule has 6 nitrogen and oxygen atoms in total. The summed E-state index contributed by atoms with van der Waals surface area (Å²) in [4.78, 5) is 11.6. The fraction of sp³-hybridized carbons (Fsp3) is 0.588. The SMILES string of the molecule is CCNC(=NCCCc1nc(C)no1)NC(C)Cc1ccc(C)s1.I. The summed E-state index contributed by atoms with van der Waals surface area (Å²) in [5.41, 5.74) is 0. The molecule has 0 aliphatic carbocycles. The standard InChI is InChI=1S/C17H27N5OS.HI/c1-5-18-17(19-10-6-7-16-21-14(4)22-23-16)20-12(2)11-15-9-8-13(3)24-15;/h8-9,12H,5-7,10-11H2,1-4H3,(H2,18,19,20);1H. The molecule has 0 spiro atoms. The highest BCUT2D eigenvalue weighted by Crippen LogP contribution is 2.16. The van der Waals surface area contributed by atoms with Crippen molar-refractivity contribution in [3.8, 4) is 0 Å². The number of hydrogen-bond donors (Lipinski definition) is 2.